The van der Waals surface area contributed by atoms with Crippen molar-refractivity contribution < 1.29 is 37.3 Å². The van der Waals surface area contributed by atoms with Crippen LogP contribution in [0.25, 0.3) is 33.0 Å². The molecule has 0 aromatic heterocycles. The summed E-state index contributed by atoms with van der Waals surface area (Å²) < 4.78 is 55.3. The summed E-state index contributed by atoms with van der Waals surface area (Å²) in [6.07, 6.45) is 2.60. The third kappa shape index (κ3) is 8.00. The van der Waals surface area contributed by atoms with Crippen LogP contribution >= 0.6 is 0 Å². The molecule has 4 N–H and O–H groups in total. The smallest absolute Gasteiger partial charge is 0.243 e. The van der Waals surface area contributed by atoms with Gasteiger partial charge in [-0.25, -0.2) is 16.8 Å². The van der Waals surface area contributed by atoms with Gasteiger partial charge in [-0.1, -0.05) is 46.6 Å². The zero-order valence-electron chi connectivity index (χ0n) is 21.1. The second-order valence-corrected chi connectivity index (χ2v) is 11.7. The van der Waals surface area contributed by atoms with E-state index in [0.717, 1.165) is 20.7 Å². The lowest BCUT2D eigenvalue weighted by Crippen LogP contribution is -2.36. The van der Waals surface area contributed by atoms with Crippen LogP contribution in [0.1, 0.15) is 11.1 Å². The quantitative estimate of drug-likeness (QED) is 0.0957. The van der Waals surface area contributed by atoms with Gasteiger partial charge in [0.25, 0.3) is 0 Å². The van der Waals surface area contributed by atoms with E-state index in [-0.39, 0.29) is 58.5 Å². The molecule has 0 spiro atoms. The molecule has 0 atom stereocenters. The Labute approximate surface area is 230 Å². The lowest BCUT2D eigenvalue weighted by molar-refractivity contribution is 0.217. The van der Waals surface area contributed by atoms with E-state index in [1.165, 1.54) is 36.4 Å². The summed E-state index contributed by atoms with van der Waals surface area (Å²) in [6, 6.07) is 7.54. The normalized spacial score (nSPS) is 12.1. The lowest BCUT2D eigenvalue weighted by Gasteiger charge is -2.22. The molecule has 0 aliphatic carbocycles. The topological polar surface area (TPSA) is 253 Å². The predicted molar refractivity (Wildman–Crippen MR) is 145 cm³/mol. The standard InChI is InChI=1S/C22H28N8O8S2/c23-27-25-19-5-3-17(21(15-19)39(35,36)29(7-11-31)8-12-32)1-2-18-4-6-20(26-28-24)16-22(18)40(37,38)30(9-13-33)10-14-34/h1-6,15-16,31-34H,7-14H2/b2-1+. The third-order valence-corrected chi connectivity index (χ3v) is 9.30. The fourth-order valence-electron chi connectivity index (χ4n) is 3.60. The van der Waals surface area contributed by atoms with Crippen molar-refractivity contribution in [2.24, 2.45) is 10.2 Å². The number of sulfonamides is 2. The first kappa shape index (κ1) is 32.7. The van der Waals surface area contributed by atoms with Crippen LogP contribution < -0.4 is 0 Å². The Kier molecular flexibility index (Phi) is 12.5. The van der Waals surface area contributed by atoms with Crippen LogP contribution in [0, 0.1) is 0 Å². The fourth-order valence-corrected chi connectivity index (χ4v) is 6.86. The van der Waals surface area contributed by atoms with E-state index in [2.05, 4.69) is 20.1 Å². The monoisotopic (exact) mass is 596 g/mol. The minimum absolute atomic E-state index is 0.0307. The maximum atomic E-state index is 13.4. The van der Waals surface area contributed by atoms with E-state index in [1.54, 1.807) is 0 Å². The largest absolute Gasteiger partial charge is 0.395 e. The predicted octanol–water partition coefficient (Wildman–Crippen LogP) is 1.69. The Morgan fingerprint density at radius 2 is 0.975 bits per heavy atom. The van der Waals surface area contributed by atoms with Crippen LogP contribution in [0.3, 0.4) is 0 Å². The molecular weight excluding hydrogens is 568 g/mol. The molecule has 0 aliphatic heterocycles. The number of benzene rings is 2. The fraction of sp³-hybridized carbons (Fsp3) is 0.364. The molecule has 0 bridgehead atoms. The highest BCUT2D eigenvalue weighted by Gasteiger charge is 2.28. The highest BCUT2D eigenvalue weighted by atomic mass is 32.2. The molecule has 0 heterocycles. The summed E-state index contributed by atoms with van der Waals surface area (Å²) in [4.78, 5) is 4.63. The highest BCUT2D eigenvalue weighted by molar-refractivity contribution is 7.89. The molecule has 216 valence electrons. The molecule has 0 amide bonds. The van der Waals surface area contributed by atoms with Crippen LogP contribution in [0.5, 0.6) is 0 Å². The van der Waals surface area contributed by atoms with Gasteiger partial charge in [0.15, 0.2) is 0 Å². The highest BCUT2D eigenvalue weighted by Crippen LogP contribution is 2.30. The summed E-state index contributed by atoms with van der Waals surface area (Å²) in [5.41, 5.74) is 17.6. The van der Waals surface area contributed by atoms with E-state index in [0.29, 0.717) is 0 Å². The molecule has 0 fully saturated rings. The molecular formula is C22H28N8O8S2. The van der Waals surface area contributed by atoms with Gasteiger partial charge in [0, 0.05) is 47.4 Å². The molecule has 16 nitrogen and oxygen atoms in total. The molecule has 18 heteroatoms. The van der Waals surface area contributed by atoms with Crippen LogP contribution in [-0.4, -0.2) is 98.5 Å². The van der Waals surface area contributed by atoms with Crippen LogP contribution in [-0.2, 0) is 20.0 Å². The van der Waals surface area contributed by atoms with Crippen LogP contribution in [0.4, 0.5) is 11.4 Å². The molecule has 2 rings (SSSR count). The third-order valence-electron chi connectivity index (χ3n) is 5.39. The van der Waals surface area contributed by atoms with Gasteiger partial charge in [0.05, 0.1) is 36.2 Å². The summed E-state index contributed by atoms with van der Waals surface area (Å²) >= 11 is 0. The average molecular weight is 597 g/mol. The minimum atomic E-state index is -4.34. The molecule has 40 heavy (non-hydrogen) atoms. The van der Waals surface area contributed by atoms with Gasteiger partial charge >= 0.3 is 0 Å². The maximum absolute atomic E-state index is 13.4. The Balaban J connectivity index is 2.76. The number of hydrogen-bond acceptors (Lipinski definition) is 10. The Hall–Kier alpha value is -3.54. The van der Waals surface area contributed by atoms with Gasteiger partial charge in [0.2, 0.25) is 20.0 Å². The summed E-state index contributed by atoms with van der Waals surface area (Å²) in [6.45, 7) is -3.43. The van der Waals surface area contributed by atoms with E-state index >= 15 is 0 Å². The minimum Gasteiger partial charge on any atom is -0.395 e. The Morgan fingerprint density at radius 3 is 1.25 bits per heavy atom. The summed E-state index contributed by atoms with van der Waals surface area (Å²) in [5.74, 6) is 0. The zero-order chi connectivity index (χ0) is 29.8. The molecule has 0 aliphatic rings. The van der Waals surface area contributed by atoms with Gasteiger partial charge in [-0.15, -0.1) is 0 Å². The van der Waals surface area contributed by atoms with Crippen molar-refractivity contribution in [3.05, 3.63) is 68.4 Å². The Morgan fingerprint density at radius 1 is 0.650 bits per heavy atom. The van der Waals surface area contributed by atoms with Crippen molar-refractivity contribution >= 4 is 43.6 Å². The van der Waals surface area contributed by atoms with E-state index in [9.17, 15) is 37.3 Å². The van der Waals surface area contributed by atoms with Crippen LogP contribution in [0.15, 0.2) is 56.4 Å². The second kappa shape index (κ2) is 15.3. The summed E-state index contributed by atoms with van der Waals surface area (Å²) in [7, 11) is -8.68. The van der Waals surface area contributed by atoms with Gasteiger partial charge in [-0.2, -0.15) is 8.61 Å². The number of azide groups is 2. The number of hydrogen-bond donors (Lipinski definition) is 4. The van der Waals surface area contributed by atoms with E-state index < -0.39 is 46.5 Å². The second-order valence-electron chi connectivity index (χ2n) is 7.86. The number of rotatable bonds is 16. The van der Waals surface area contributed by atoms with E-state index in [1.807, 2.05) is 0 Å². The molecule has 2 aromatic carbocycles. The molecule has 2 aromatic rings. The first-order valence-electron chi connectivity index (χ1n) is 11.6. The SMILES string of the molecule is [N-]=[N+]=Nc1ccc(/C=C/c2ccc(N=[N+]=[N-])cc2S(=O)(=O)N(CCO)CCO)c(S(=O)(=O)N(CCO)CCO)c1. The van der Waals surface area contributed by atoms with Crippen molar-refractivity contribution in [2.75, 3.05) is 52.6 Å². The van der Waals surface area contributed by atoms with Crippen molar-refractivity contribution in [1.82, 2.24) is 8.61 Å². The molecule has 0 saturated heterocycles. The van der Waals surface area contributed by atoms with Crippen molar-refractivity contribution in [3.63, 3.8) is 0 Å². The Bertz CT molecular complexity index is 1390. The molecule has 0 unspecified atom stereocenters. The molecule has 0 radical (unpaired) electrons. The number of aliphatic hydroxyl groups is 4. The summed E-state index contributed by atoms with van der Waals surface area (Å²) in [5, 5.41) is 44.2. The number of aliphatic hydroxyl groups excluding tert-OH is 4. The first-order chi connectivity index (χ1) is 19.1. The number of nitrogens with zero attached hydrogens (tertiary/aromatic N) is 8. The van der Waals surface area contributed by atoms with Gasteiger partial charge in [0.1, 0.15) is 0 Å². The lowest BCUT2D eigenvalue weighted by atomic mass is 10.1. The van der Waals surface area contributed by atoms with E-state index in [4.69, 9.17) is 11.1 Å². The van der Waals surface area contributed by atoms with Gasteiger partial charge in [-0.05, 0) is 34.3 Å². The first-order valence-corrected chi connectivity index (χ1v) is 14.5. The van der Waals surface area contributed by atoms with Crippen molar-refractivity contribution in [1.29, 1.82) is 0 Å². The zero-order valence-corrected chi connectivity index (χ0v) is 22.7. The van der Waals surface area contributed by atoms with Crippen molar-refractivity contribution in [3.8, 4) is 0 Å². The average Bonchev–Trinajstić information content (AvgIpc) is 2.92. The van der Waals surface area contributed by atoms with Gasteiger partial charge < -0.3 is 20.4 Å². The maximum Gasteiger partial charge on any atom is 0.243 e. The van der Waals surface area contributed by atoms with Crippen molar-refractivity contribution in [2.45, 2.75) is 9.79 Å². The molecule has 0 saturated carbocycles. The van der Waals surface area contributed by atoms with Gasteiger partial charge in [-0.3, -0.25) is 0 Å². The van der Waals surface area contributed by atoms with Crippen LogP contribution in [0.2, 0.25) is 0 Å².